The van der Waals surface area contributed by atoms with Crippen molar-refractivity contribution in [3.8, 4) is 0 Å². The maximum absolute atomic E-state index is 3.52. The Morgan fingerprint density at radius 2 is 1.79 bits per heavy atom. The second-order valence-electron chi connectivity index (χ2n) is 6.11. The van der Waals surface area contributed by atoms with Crippen LogP contribution in [0.3, 0.4) is 0 Å². The lowest BCUT2D eigenvalue weighted by molar-refractivity contribution is 0.528. The molecule has 0 saturated heterocycles. The van der Waals surface area contributed by atoms with Crippen molar-refractivity contribution < 1.29 is 0 Å². The minimum atomic E-state index is 0.772. The largest absolute Gasteiger partial charge is 0.369 e. The molecule has 0 heterocycles. The van der Waals surface area contributed by atoms with E-state index in [4.69, 9.17) is 0 Å². The van der Waals surface area contributed by atoms with Crippen LogP contribution < -0.4 is 4.90 Å². The maximum atomic E-state index is 3.52. The first kappa shape index (κ1) is 14.9. The van der Waals surface area contributed by atoms with Gasteiger partial charge in [0.05, 0.1) is 0 Å². The summed E-state index contributed by atoms with van der Waals surface area (Å²) in [7, 11) is 0. The Morgan fingerprint density at radius 3 is 2.32 bits per heavy atom. The van der Waals surface area contributed by atoms with Crippen molar-refractivity contribution in [3.05, 3.63) is 29.8 Å². The molecule has 0 spiro atoms. The monoisotopic (exact) mass is 323 g/mol. The lowest BCUT2D eigenvalue weighted by Crippen LogP contribution is -2.34. The van der Waals surface area contributed by atoms with Gasteiger partial charge >= 0.3 is 0 Å². The number of benzene rings is 1. The third kappa shape index (κ3) is 4.24. The van der Waals surface area contributed by atoms with E-state index >= 15 is 0 Å². The molecule has 0 aliphatic heterocycles. The molecule has 1 fully saturated rings. The Bertz CT molecular complexity index is 365. The van der Waals surface area contributed by atoms with Crippen molar-refractivity contribution in [2.45, 2.75) is 57.3 Å². The number of alkyl halides is 1. The van der Waals surface area contributed by atoms with Gasteiger partial charge in [0.15, 0.2) is 0 Å². The SMILES string of the molecule is CC(C)CCN(c1ccc(CBr)cc1)C1CCCC1. The predicted octanol–water partition coefficient (Wildman–Crippen LogP) is 5.38. The summed E-state index contributed by atoms with van der Waals surface area (Å²) in [6.45, 7) is 5.84. The minimum Gasteiger partial charge on any atom is -0.369 e. The number of hydrogen-bond acceptors (Lipinski definition) is 1. The van der Waals surface area contributed by atoms with Crippen LogP contribution in [0.15, 0.2) is 24.3 Å². The lowest BCUT2D eigenvalue weighted by atomic mass is 10.1. The number of halogens is 1. The van der Waals surface area contributed by atoms with Crippen molar-refractivity contribution in [2.75, 3.05) is 11.4 Å². The molecule has 1 aromatic carbocycles. The number of nitrogens with zero attached hydrogens (tertiary/aromatic N) is 1. The van der Waals surface area contributed by atoms with Crippen LogP contribution >= 0.6 is 15.9 Å². The van der Waals surface area contributed by atoms with Gasteiger partial charge in [-0.15, -0.1) is 0 Å². The molecule has 0 N–H and O–H groups in total. The van der Waals surface area contributed by atoms with Crippen molar-refractivity contribution in [1.29, 1.82) is 0 Å². The molecule has 0 amide bonds. The first-order valence-electron chi connectivity index (χ1n) is 7.62. The summed E-state index contributed by atoms with van der Waals surface area (Å²) in [5.74, 6) is 0.783. The van der Waals surface area contributed by atoms with Crippen LogP contribution in [0.5, 0.6) is 0 Å². The van der Waals surface area contributed by atoms with E-state index in [1.54, 1.807) is 0 Å². The van der Waals surface area contributed by atoms with Crippen LogP contribution in [0.25, 0.3) is 0 Å². The van der Waals surface area contributed by atoms with Gasteiger partial charge < -0.3 is 4.90 Å². The fourth-order valence-electron chi connectivity index (χ4n) is 2.91. The third-order valence-electron chi connectivity index (χ3n) is 4.14. The highest BCUT2D eigenvalue weighted by atomic mass is 79.9. The molecule has 1 saturated carbocycles. The highest BCUT2D eigenvalue weighted by Crippen LogP contribution is 2.29. The Kier molecular flexibility index (Phi) is 5.75. The van der Waals surface area contributed by atoms with Crippen molar-refractivity contribution in [2.24, 2.45) is 5.92 Å². The number of hydrogen-bond donors (Lipinski definition) is 0. The molecule has 1 aliphatic carbocycles. The third-order valence-corrected chi connectivity index (χ3v) is 4.78. The molecule has 0 radical (unpaired) electrons. The molecule has 0 aromatic heterocycles. The van der Waals surface area contributed by atoms with Gasteiger partial charge in [-0.25, -0.2) is 0 Å². The summed E-state index contributed by atoms with van der Waals surface area (Å²) in [5, 5.41) is 0.947. The van der Waals surface area contributed by atoms with E-state index in [1.165, 1.54) is 49.9 Å². The predicted molar refractivity (Wildman–Crippen MR) is 88.1 cm³/mol. The summed E-state index contributed by atoms with van der Waals surface area (Å²) in [6, 6.07) is 9.88. The topological polar surface area (TPSA) is 3.24 Å². The van der Waals surface area contributed by atoms with E-state index in [0.29, 0.717) is 0 Å². The number of anilines is 1. The Morgan fingerprint density at radius 1 is 1.16 bits per heavy atom. The average Bonchev–Trinajstić information content (AvgIpc) is 2.93. The van der Waals surface area contributed by atoms with E-state index in [9.17, 15) is 0 Å². The molecule has 2 heteroatoms. The zero-order chi connectivity index (χ0) is 13.7. The van der Waals surface area contributed by atoms with Crippen LogP contribution in [0, 0.1) is 5.92 Å². The molecule has 106 valence electrons. The van der Waals surface area contributed by atoms with Gasteiger partial charge in [-0.05, 0) is 42.9 Å². The minimum absolute atomic E-state index is 0.772. The highest BCUT2D eigenvalue weighted by Gasteiger charge is 2.22. The molecule has 0 atom stereocenters. The zero-order valence-electron chi connectivity index (χ0n) is 12.2. The normalized spacial score (nSPS) is 16.2. The van der Waals surface area contributed by atoms with Gasteiger partial charge in [-0.2, -0.15) is 0 Å². The fourth-order valence-corrected chi connectivity index (χ4v) is 3.29. The number of rotatable bonds is 6. The van der Waals surface area contributed by atoms with Gasteiger partial charge in [0, 0.05) is 23.6 Å². The molecule has 2 rings (SSSR count). The molecule has 0 bridgehead atoms. The van der Waals surface area contributed by atoms with Crippen molar-refractivity contribution in [1.82, 2.24) is 0 Å². The molecule has 19 heavy (non-hydrogen) atoms. The quantitative estimate of drug-likeness (QED) is 0.635. The van der Waals surface area contributed by atoms with Crippen LogP contribution in [0.2, 0.25) is 0 Å². The van der Waals surface area contributed by atoms with Crippen LogP contribution in [-0.2, 0) is 5.33 Å². The molecular formula is C17H26BrN. The van der Waals surface area contributed by atoms with Crippen molar-refractivity contribution in [3.63, 3.8) is 0 Å². The summed E-state index contributed by atoms with van der Waals surface area (Å²) in [5.41, 5.74) is 2.77. The van der Waals surface area contributed by atoms with E-state index in [0.717, 1.165) is 17.3 Å². The van der Waals surface area contributed by atoms with Gasteiger partial charge in [0.2, 0.25) is 0 Å². The van der Waals surface area contributed by atoms with E-state index < -0.39 is 0 Å². The van der Waals surface area contributed by atoms with E-state index in [1.807, 2.05) is 0 Å². The van der Waals surface area contributed by atoms with Crippen LogP contribution in [0.1, 0.15) is 51.5 Å². The van der Waals surface area contributed by atoms with Gasteiger partial charge in [-0.1, -0.05) is 54.8 Å². The van der Waals surface area contributed by atoms with Gasteiger partial charge in [0.1, 0.15) is 0 Å². The van der Waals surface area contributed by atoms with Gasteiger partial charge in [-0.3, -0.25) is 0 Å². The standard InChI is InChI=1S/C17H26BrN/c1-14(2)11-12-19(16-5-3-4-6-16)17-9-7-15(13-18)8-10-17/h7-10,14,16H,3-6,11-13H2,1-2H3. The summed E-state index contributed by atoms with van der Waals surface area (Å²) < 4.78 is 0. The lowest BCUT2D eigenvalue weighted by Gasteiger charge is -2.32. The molecular weight excluding hydrogens is 298 g/mol. The fraction of sp³-hybridized carbons (Fsp3) is 0.647. The van der Waals surface area contributed by atoms with Crippen LogP contribution in [-0.4, -0.2) is 12.6 Å². The first-order valence-corrected chi connectivity index (χ1v) is 8.74. The smallest absolute Gasteiger partial charge is 0.0368 e. The van der Waals surface area contributed by atoms with Crippen LogP contribution in [0.4, 0.5) is 5.69 Å². The summed E-state index contributed by atoms with van der Waals surface area (Å²) >= 11 is 3.52. The Balaban J connectivity index is 2.09. The Hall–Kier alpha value is -0.500. The average molecular weight is 324 g/mol. The maximum Gasteiger partial charge on any atom is 0.0368 e. The molecule has 1 aromatic rings. The second kappa shape index (κ2) is 7.33. The zero-order valence-corrected chi connectivity index (χ0v) is 13.8. The van der Waals surface area contributed by atoms with E-state index in [2.05, 4.69) is 58.9 Å². The van der Waals surface area contributed by atoms with E-state index in [-0.39, 0.29) is 0 Å². The summed E-state index contributed by atoms with van der Waals surface area (Å²) in [6.07, 6.45) is 6.85. The molecule has 1 aliphatic rings. The second-order valence-corrected chi connectivity index (χ2v) is 6.68. The molecule has 1 nitrogen and oxygen atoms in total. The van der Waals surface area contributed by atoms with Gasteiger partial charge in [0.25, 0.3) is 0 Å². The summed E-state index contributed by atoms with van der Waals surface area (Å²) in [4.78, 5) is 2.66. The highest BCUT2D eigenvalue weighted by molar-refractivity contribution is 9.08. The van der Waals surface area contributed by atoms with Crippen molar-refractivity contribution >= 4 is 21.6 Å². The molecule has 0 unspecified atom stereocenters. The first-order chi connectivity index (χ1) is 9.20. The Labute approximate surface area is 126 Å².